The summed E-state index contributed by atoms with van der Waals surface area (Å²) in [6.07, 6.45) is 0. The molecule has 0 saturated heterocycles. The molecule has 1 N–H and O–H groups in total. The third-order valence-electron chi connectivity index (χ3n) is 2.11. The fraction of sp³-hybridized carbons (Fsp3) is 0.500. The molecule has 0 aliphatic rings. The van der Waals surface area contributed by atoms with Crippen molar-refractivity contribution in [1.29, 1.82) is 0 Å². The lowest BCUT2D eigenvalue weighted by atomic mass is 10.1. The minimum Gasteiger partial charge on any atom is -0.380 e. The molecule has 1 rings (SSSR count). The first-order valence-electron chi connectivity index (χ1n) is 5.32. The Morgan fingerprint density at radius 3 is 2.73 bits per heavy atom. The lowest BCUT2D eigenvalue weighted by molar-refractivity contribution is 0.149. The van der Waals surface area contributed by atoms with E-state index in [9.17, 15) is 0 Å². The van der Waals surface area contributed by atoms with Crippen molar-refractivity contribution in [2.45, 2.75) is 12.3 Å². The number of nitrogens with one attached hydrogen (secondary N) is 1. The molecule has 0 saturated carbocycles. The van der Waals surface area contributed by atoms with Crippen LogP contribution >= 0.6 is 11.6 Å². The van der Waals surface area contributed by atoms with Crippen molar-refractivity contribution in [2.75, 3.05) is 26.3 Å². The van der Waals surface area contributed by atoms with Gasteiger partial charge in [0.05, 0.1) is 12.0 Å². The molecule has 1 atom stereocenters. The number of ether oxygens (including phenoxy) is 1. The van der Waals surface area contributed by atoms with E-state index >= 15 is 0 Å². The second-order valence-electron chi connectivity index (χ2n) is 3.28. The average molecular weight is 228 g/mol. The Morgan fingerprint density at radius 2 is 2.07 bits per heavy atom. The van der Waals surface area contributed by atoms with E-state index in [4.69, 9.17) is 16.3 Å². The fourth-order valence-electron chi connectivity index (χ4n) is 1.30. The zero-order valence-corrected chi connectivity index (χ0v) is 9.83. The largest absolute Gasteiger partial charge is 0.380 e. The molecule has 0 heterocycles. The van der Waals surface area contributed by atoms with Gasteiger partial charge in [0.2, 0.25) is 0 Å². The van der Waals surface area contributed by atoms with Gasteiger partial charge in [-0.25, -0.2) is 0 Å². The quantitative estimate of drug-likeness (QED) is 0.571. The second-order valence-corrected chi connectivity index (χ2v) is 3.81. The molecule has 3 heteroatoms. The van der Waals surface area contributed by atoms with Gasteiger partial charge >= 0.3 is 0 Å². The van der Waals surface area contributed by atoms with Gasteiger partial charge < -0.3 is 10.1 Å². The van der Waals surface area contributed by atoms with Gasteiger partial charge in [-0.15, -0.1) is 11.6 Å². The highest BCUT2D eigenvalue weighted by Crippen LogP contribution is 2.18. The Bertz CT molecular complexity index is 253. The van der Waals surface area contributed by atoms with Crippen molar-refractivity contribution in [3.05, 3.63) is 35.9 Å². The van der Waals surface area contributed by atoms with E-state index in [1.807, 2.05) is 37.3 Å². The van der Waals surface area contributed by atoms with Gasteiger partial charge in [0.25, 0.3) is 0 Å². The van der Waals surface area contributed by atoms with E-state index in [2.05, 4.69) is 5.32 Å². The highest BCUT2D eigenvalue weighted by Gasteiger charge is 2.05. The Balaban J connectivity index is 2.16. The van der Waals surface area contributed by atoms with Crippen LogP contribution in [0.5, 0.6) is 0 Å². The average Bonchev–Trinajstić information content (AvgIpc) is 2.30. The summed E-state index contributed by atoms with van der Waals surface area (Å²) in [5, 5.41) is 3.30. The van der Waals surface area contributed by atoms with Crippen molar-refractivity contribution in [1.82, 2.24) is 5.32 Å². The first kappa shape index (κ1) is 12.5. The number of hydrogen-bond donors (Lipinski definition) is 1. The standard InChI is InChI=1S/C12H18ClNO/c1-2-15-9-8-14-10-12(13)11-6-4-3-5-7-11/h3-7,12,14H,2,8-10H2,1H3. The summed E-state index contributed by atoms with van der Waals surface area (Å²) in [4.78, 5) is 0. The third kappa shape index (κ3) is 5.17. The van der Waals surface area contributed by atoms with E-state index < -0.39 is 0 Å². The predicted octanol–water partition coefficient (Wildman–Crippen LogP) is 2.59. The minimum atomic E-state index is 0.0350. The Hall–Kier alpha value is -0.570. The molecule has 1 aromatic carbocycles. The molecule has 0 aliphatic heterocycles. The van der Waals surface area contributed by atoms with Crippen molar-refractivity contribution in [3.8, 4) is 0 Å². The van der Waals surface area contributed by atoms with Crippen molar-refractivity contribution in [2.24, 2.45) is 0 Å². The van der Waals surface area contributed by atoms with E-state index in [0.717, 1.165) is 31.9 Å². The molecule has 0 aromatic heterocycles. The normalized spacial score (nSPS) is 12.7. The summed E-state index contributed by atoms with van der Waals surface area (Å²) in [6.45, 7) is 5.14. The smallest absolute Gasteiger partial charge is 0.0709 e. The van der Waals surface area contributed by atoms with Crippen molar-refractivity contribution >= 4 is 11.6 Å². The first-order valence-corrected chi connectivity index (χ1v) is 5.75. The lowest BCUT2D eigenvalue weighted by Crippen LogP contribution is -2.23. The van der Waals surface area contributed by atoms with Crippen LogP contribution in [0.3, 0.4) is 0 Å². The number of halogens is 1. The summed E-state index contributed by atoms with van der Waals surface area (Å²) in [5.74, 6) is 0. The van der Waals surface area contributed by atoms with Gasteiger partial charge in [0.1, 0.15) is 0 Å². The molecule has 0 bridgehead atoms. The summed E-state index contributed by atoms with van der Waals surface area (Å²) in [5.41, 5.74) is 1.16. The van der Waals surface area contributed by atoms with Crippen LogP contribution in [0.25, 0.3) is 0 Å². The highest BCUT2D eigenvalue weighted by molar-refractivity contribution is 6.21. The predicted molar refractivity (Wildman–Crippen MR) is 64.4 cm³/mol. The van der Waals surface area contributed by atoms with E-state index in [0.29, 0.717) is 0 Å². The molecule has 1 aromatic rings. The molecule has 84 valence electrons. The van der Waals surface area contributed by atoms with E-state index in [-0.39, 0.29) is 5.38 Å². The summed E-state index contributed by atoms with van der Waals surface area (Å²) >= 11 is 6.22. The zero-order chi connectivity index (χ0) is 10.9. The molecule has 0 radical (unpaired) electrons. The molecule has 0 fully saturated rings. The van der Waals surface area contributed by atoms with Crippen LogP contribution < -0.4 is 5.32 Å². The maximum Gasteiger partial charge on any atom is 0.0709 e. The molecular formula is C12H18ClNO. The molecule has 0 spiro atoms. The van der Waals surface area contributed by atoms with E-state index in [1.165, 1.54) is 0 Å². The van der Waals surface area contributed by atoms with E-state index in [1.54, 1.807) is 0 Å². The number of benzene rings is 1. The molecule has 0 aliphatic carbocycles. The van der Waals surface area contributed by atoms with Gasteiger partial charge in [0.15, 0.2) is 0 Å². The monoisotopic (exact) mass is 227 g/mol. The second kappa shape index (κ2) is 7.69. The number of hydrogen-bond acceptors (Lipinski definition) is 2. The van der Waals surface area contributed by atoms with Crippen LogP contribution in [0.15, 0.2) is 30.3 Å². The van der Waals surface area contributed by atoms with Crippen molar-refractivity contribution < 1.29 is 4.74 Å². The van der Waals surface area contributed by atoms with Crippen LogP contribution in [0.1, 0.15) is 17.9 Å². The van der Waals surface area contributed by atoms with Crippen LogP contribution in [-0.4, -0.2) is 26.3 Å². The molecular weight excluding hydrogens is 210 g/mol. The molecule has 15 heavy (non-hydrogen) atoms. The minimum absolute atomic E-state index is 0.0350. The third-order valence-corrected chi connectivity index (χ3v) is 2.52. The highest BCUT2D eigenvalue weighted by atomic mass is 35.5. The molecule has 2 nitrogen and oxygen atoms in total. The summed E-state index contributed by atoms with van der Waals surface area (Å²) in [6, 6.07) is 10.1. The number of rotatable bonds is 7. The van der Waals surface area contributed by atoms with Gasteiger partial charge in [-0.1, -0.05) is 30.3 Å². The fourth-order valence-corrected chi connectivity index (χ4v) is 1.55. The zero-order valence-electron chi connectivity index (χ0n) is 9.08. The van der Waals surface area contributed by atoms with Gasteiger partial charge in [-0.2, -0.15) is 0 Å². The summed E-state index contributed by atoms with van der Waals surface area (Å²) in [7, 11) is 0. The van der Waals surface area contributed by atoms with Gasteiger partial charge in [0, 0.05) is 19.7 Å². The Labute approximate surface area is 96.6 Å². The lowest BCUT2D eigenvalue weighted by Gasteiger charge is -2.10. The first-order chi connectivity index (χ1) is 7.34. The van der Waals surface area contributed by atoms with Crippen LogP contribution in [0.4, 0.5) is 0 Å². The SMILES string of the molecule is CCOCCNCC(Cl)c1ccccc1. The topological polar surface area (TPSA) is 21.3 Å². The van der Waals surface area contributed by atoms with Gasteiger partial charge in [-0.3, -0.25) is 0 Å². The van der Waals surface area contributed by atoms with Crippen molar-refractivity contribution in [3.63, 3.8) is 0 Å². The molecule has 1 unspecified atom stereocenters. The maximum absolute atomic E-state index is 6.22. The Morgan fingerprint density at radius 1 is 1.33 bits per heavy atom. The Kier molecular flexibility index (Phi) is 6.41. The van der Waals surface area contributed by atoms with Crippen LogP contribution in [0, 0.1) is 0 Å². The summed E-state index contributed by atoms with van der Waals surface area (Å²) < 4.78 is 5.22. The maximum atomic E-state index is 6.22. The number of alkyl halides is 1. The van der Waals surface area contributed by atoms with Gasteiger partial charge in [-0.05, 0) is 12.5 Å². The van der Waals surface area contributed by atoms with Crippen LogP contribution in [-0.2, 0) is 4.74 Å². The molecule has 0 amide bonds. The van der Waals surface area contributed by atoms with Crippen LogP contribution in [0.2, 0.25) is 0 Å².